The SMILES string of the molecule is COc1cc(C(=O)Oc2ccc3c(=O)c(Oc4cc(C)cc(C)c4C)c(C(F)(F)F)oc3c2CN2CCCCC2)cc(OC)c1OC. The molecule has 5 rings (SSSR count). The molecule has 47 heavy (non-hydrogen) atoms. The monoisotopic (exact) mass is 655 g/mol. The molecule has 0 amide bonds. The van der Waals surface area contributed by atoms with Gasteiger partial charge in [0.05, 0.1) is 37.8 Å². The molecule has 0 aliphatic carbocycles. The summed E-state index contributed by atoms with van der Waals surface area (Å²) in [6, 6.07) is 8.89. The number of likely N-dealkylation sites (tertiary alicyclic amines) is 1. The van der Waals surface area contributed by atoms with E-state index in [0.29, 0.717) is 18.7 Å². The number of carbonyl (C=O) groups is 1. The maximum absolute atomic E-state index is 14.6. The molecule has 0 spiro atoms. The van der Waals surface area contributed by atoms with Gasteiger partial charge in [0, 0.05) is 6.54 Å². The standard InChI is InChI=1S/C35H36F3NO8/c1-19-14-20(2)21(3)26(15-19)45-32-29(40)23-10-11-25(46-34(41)22-16-27(42-4)31(44-6)28(17-22)43-5)24(18-39-12-8-7-9-13-39)30(23)47-33(32)35(36,37)38/h10-11,14-17H,7-9,12-13,18H2,1-6H3. The van der Waals surface area contributed by atoms with Crippen molar-refractivity contribution in [3.8, 4) is 34.5 Å². The predicted octanol–water partition coefficient (Wildman–Crippen LogP) is 7.76. The minimum atomic E-state index is -5.08. The van der Waals surface area contributed by atoms with Crippen molar-refractivity contribution in [1.29, 1.82) is 0 Å². The van der Waals surface area contributed by atoms with Gasteiger partial charge in [-0.15, -0.1) is 0 Å². The number of ether oxygens (including phenoxy) is 5. The second-order valence-corrected chi connectivity index (χ2v) is 11.5. The van der Waals surface area contributed by atoms with Crippen LogP contribution in [-0.2, 0) is 12.7 Å². The molecule has 250 valence electrons. The number of alkyl halides is 3. The van der Waals surface area contributed by atoms with Gasteiger partial charge in [-0.05, 0) is 93.7 Å². The lowest BCUT2D eigenvalue weighted by Gasteiger charge is -2.27. The van der Waals surface area contributed by atoms with Crippen molar-refractivity contribution in [2.75, 3.05) is 34.4 Å². The van der Waals surface area contributed by atoms with E-state index in [4.69, 9.17) is 28.1 Å². The van der Waals surface area contributed by atoms with E-state index in [0.717, 1.165) is 30.4 Å². The highest BCUT2D eigenvalue weighted by molar-refractivity contribution is 5.94. The molecule has 0 saturated carbocycles. The number of hydrogen-bond acceptors (Lipinski definition) is 9. The molecule has 0 unspecified atom stereocenters. The summed E-state index contributed by atoms with van der Waals surface area (Å²) < 4.78 is 76.9. The average molecular weight is 656 g/mol. The molecule has 9 nitrogen and oxygen atoms in total. The number of piperidine rings is 1. The van der Waals surface area contributed by atoms with E-state index in [1.54, 1.807) is 26.8 Å². The van der Waals surface area contributed by atoms with Gasteiger partial charge < -0.3 is 28.1 Å². The molecule has 12 heteroatoms. The molecule has 2 heterocycles. The number of benzene rings is 3. The molecular weight excluding hydrogens is 619 g/mol. The molecule has 1 saturated heterocycles. The number of esters is 1. The maximum atomic E-state index is 14.6. The quantitative estimate of drug-likeness (QED) is 0.132. The first-order valence-corrected chi connectivity index (χ1v) is 15.1. The van der Waals surface area contributed by atoms with Crippen LogP contribution in [-0.4, -0.2) is 45.3 Å². The number of hydrogen-bond donors (Lipinski definition) is 0. The van der Waals surface area contributed by atoms with E-state index in [9.17, 15) is 22.8 Å². The lowest BCUT2D eigenvalue weighted by atomic mass is 10.0. The number of carbonyl (C=O) groups excluding carboxylic acids is 1. The van der Waals surface area contributed by atoms with Crippen LogP contribution in [0, 0.1) is 20.8 Å². The fraction of sp³-hybridized carbons (Fsp3) is 0.371. The Morgan fingerprint density at radius 3 is 2.11 bits per heavy atom. The summed E-state index contributed by atoms with van der Waals surface area (Å²) >= 11 is 0. The van der Waals surface area contributed by atoms with E-state index in [1.165, 1.54) is 45.6 Å². The topological polar surface area (TPSA) is 96.7 Å². The molecule has 3 aromatic carbocycles. The zero-order valence-corrected chi connectivity index (χ0v) is 27.1. The van der Waals surface area contributed by atoms with Crippen LogP contribution in [0.5, 0.6) is 34.5 Å². The Balaban J connectivity index is 1.67. The Morgan fingerprint density at radius 1 is 0.851 bits per heavy atom. The minimum Gasteiger partial charge on any atom is -0.493 e. The van der Waals surface area contributed by atoms with Gasteiger partial charge in [0.1, 0.15) is 17.1 Å². The average Bonchev–Trinajstić information content (AvgIpc) is 3.04. The Bertz CT molecular complexity index is 1850. The second kappa shape index (κ2) is 13.6. The van der Waals surface area contributed by atoms with Crippen molar-refractivity contribution in [2.45, 2.75) is 52.8 Å². The van der Waals surface area contributed by atoms with E-state index in [-0.39, 0.29) is 57.4 Å². The molecule has 0 bridgehead atoms. The van der Waals surface area contributed by atoms with Crippen LogP contribution in [0.15, 0.2) is 45.6 Å². The highest BCUT2D eigenvalue weighted by Gasteiger charge is 2.41. The zero-order valence-electron chi connectivity index (χ0n) is 27.1. The van der Waals surface area contributed by atoms with E-state index in [1.807, 2.05) is 11.0 Å². The summed E-state index contributed by atoms with van der Waals surface area (Å²) in [5.74, 6) is -2.66. The zero-order chi connectivity index (χ0) is 34.0. The van der Waals surface area contributed by atoms with Crippen LogP contribution in [0.1, 0.15) is 57.6 Å². The van der Waals surface area contributed by atoms with E-state index < -0.39 is 29.1 Å². The molecule has 1 aliphatic rings. The Morgan fingerprint density at radius 2 is 1.51 bits per heavy atom. The van der Waals surface area contributed by atoms with Gasteiger partial charge in [-0.2, -0.15) is 13.2 Å². The number of fused-ring (bicyclic) bond motifs is 1. The maximum Gasteiger partial charge on any atom is 0.453 e. The first kappa shape index (κ1) is 33.6. The summed E-state index contributed by atoms with van der Waals surface area (Å²) in [6.07, 6.45) is -2.30. The first-order valence-electron chi connectivity index (χ1n) is 15.1. The lowest BCUT2D eigenvalue weighted by Crippen LogP contribution is -2.29. The first-order chi connectivity index (χ1) is 22.4. The molecule has 0 atom stereocenters. The minimum absolute atomic E-state index is 0.0357. The number of methoxy groups -OCH3 is 3. The smallest absolute Gasteiger partial charge is 0.453 e. The normalized spacial score (nSPS) is 13.8. The third-order valence-corrected chi connectivity index (χ3v) is 8.25. The summed E-state index contributed by atoms with van der Waals surface area (Å²) in [5.41, 5.74) is 0.955. The lowest BCUT2D eigenvalue weighted by molar-refractivity contribution is -0.154. The summed E-state index contributed by atoms with van der Waals surface area (Å²) in [6.45, 7) is 6.69. The number of aryl methyl sites for hydroxylation is 2. The van der Waals surface area contributed by atoms with Crippen molar-refractivity contribution in [2.24, 2.45) is 0 Å². The van der Waals surface area contributed by atoms with Crippen molar-refractivity contribution >= 4 is 16.9 Å². The fourth-order valence-electron chi connectivity index (χ4n) is 5.72. The van der Waals surface area contributed by atoms with Crippen LogP contribution in [0.4, 0.5) is 13.2 Å². The van der Waals surface area contributed by atoms with Gasteiger partial charge in [-0.3, -0.25) is 9.69 Å². The Kier molecular flexibility index (Phi) is 9.71. The van der Waals surface area contributed by atoms with Gasteiger partial charge in [0.25, 0.3) is 5.76 Å². The van der Waals surface area contributed by atoms with Gasteiger partial charge in [-0.25, -0.2) is 4.79 Å². The highest BCUT2D eigenvalue weighted by Crippen LogP contribution is 2.42. The molecule has 1 aliphatic heterocycles. The van der Waals surface area contributed by atoms with Crippen molar-refractivity contribution in [3.63, 3.8) is 0 Å². The fourth-order valence-corrected chi connectivity index (χ4v) is 5.72. The van der Waals surface area contributed by atoms with Gasteiger partial charge in [0.15, 0.2) is 11.5 Å². The van der Waals surface area contributed by atoms with E-state index >= 15 is 0 Å². The third-order valence-electron chi connectivity index (χ3n) is 8.25. The van der Waals surface area contributed by atoms with Crippen LogP contribution in [0.2, 0.25) is 0 Å². The molecule has 1 fully saturated rings. The van der Waals surface area contributed by atoms with Crippen LogP contribution in [0.3, 0.4) is 0 Å². The largest absolute Gasteiger partial charge is 0.493 e. The predicted molar refractivity (Wildman–Crippen MR) is 168 cm³/mol. The number of nitrogens with zero attached hydrogens (tertiary/aromatic N) is 1. The summed E-state index contributed by atoms with van der Waals surface area (Å²) in [7, 11) is 4.21. The Labute approximate surface area is 269 Å². The van der Waals surface area contributed by atoms with Gasteiger partial charge >= 0.3 is 12.1 Å². The van der Waals surface area contributed by atoms with Crippen molar-refractivity contribution in [1.82, 2.24) is 4.90 Å². The molecular formula is C35H36F3NO8. The van der Waals surface area contributed by atoms with Crippen molar-refractivity contribution in [3.05, 3.63) is 80.2 Å². The Hall–Kier alpha value is -4.71. The second-order valence-electron chi connectivity index (χ2n) is 11.5. The number of halogens is 3. The van der Waals surface area contributed by atoms with Gasteiger partial charge in [0.2, 0.25) is 16.9 Å². The summed E-state index contributed by atoms with van der Waals surface area (Å²) in [4.78, 5) is 29.3. The van der Waals surface area contributed by atoms with Crippen LogP contribution in [0.25, 0.3) is 11.0 Å². The van der Waals surface area contributed by atoms with Crippen LogP contribution < -0.4 is 29.1 Å². The molecule has 1 aromatic heterocycles. The molecule has 0 N–H and O–H groups in total. The molecule has 4 aromatic rings. The summed E-state index contributed by atoms with van der Waals surface area (Å²) in [5, 5.41) is -0.144. The van der Waals surface area contributed by atoms with Crippen LogP contribution >= 0.6 is 0 Å². The third kappa shape index (κ3) is 6.87. The number of rotatable bonds is 9. The van der Waals surface area contributed by atoms with Crippen molar-refractivity contribution < 1.29 is 46.1 Å². The molecule has 0 radical (unpaired) electrons. The highest BCUT2D eigenvalue weighted by atomic mass is 19.4. The van der Waals surface area contributed by atoms with Gasteiger partial charge in [-0.1, -0.05) is 12.5 Å². The van der Waals surface area contributed by atoms with E-state index in [2.05, 4.69) is 0 Å².